The average molecular weight is 1230 g/mol. The van der Waals surface area contributed by atoms with Gasteiger partial charge in [0.2, 0.25) is 17.4 Å². The smallest absolute Gasteiger partial charge is 0.410 e. The minimum atomic E-state index is -1.90. The van der Waals surface area contributed by atoms with Crippen LogP contribution in [0.3, 0.4) is 0 Å². The molecule has 1 aliphatic rings. The van der Waals surface area contributed by atoms with E-state index in [9.17, 15) is 31.9 Å². The third kappa shape index (κ3) is 26.0. The summed E-state index contributed by atoms with van der Waals surface area (Å²) in [6, 6.07) is 23.9. The molecule has 490 valence electrons. The highest BCUT2D eigenvalue weighted by molar-refractivity contribution is 5.79. The highest BCUT2D eigenvalue weighted by Gasteiger charge is 2.43. The van der Waals surface area contributed by atoms with Gasteiger partial charge in [-0.2, -0.15) is 8.78 Å². The van der Waals surface area contributed by atoms with E-state index in [1.807, 2.05) is 78.9 Å². The number of ether oxygens (including phenoxy) is 8. The summed E-state index contributed by atoms with van der Waals surface area (Å²) in [5.41, 5.74) is 1.01. The Hall–Kier alpha value is -5.71. The van der Waals surface area contributed by atoms with E-state index in [2.05, 4.69) is 18.6 Å². The van der Waals surface area contributed by atoms with Crippen LogP contribution in [0.25, 0.3) is 0 Å². The van der Waals surface area contributed by atoms with Crippen molar-refractivity contribution in [1.29, 1.82) is 0 Å². The lowest BCUT2D eigenvalue weighted by molar-refractivity contribution is -0.151. The zero-order valence-electron chi connectivity index (χ0n) is 53.4. The summed E-state index contributed by atoms with van der Waals surface area (Å²) in [5.74, 6) is -9.83. The maximum absolute atomic E-state index is 14.6. The van der Waals surface area contributed by atoms with Crippen LogP contribution in [0, 0.1) is 23.3 Å². The second-order valence-corrected chi connectivity index (χ2v) is 23.6. The van der Waals surface area contributed by atoms with Crippen molar-refractivity contribution < 1.29 is 69.8 Å². The lowest BCUT2D eigenvalue weighted by Gasteiger charge is -2.37. The molecule has 0 aromatic heterocycles. The Morgan fingerprint density at radius 2 is 0.966 bits per heavy atom. The summed E-state index contributed by atoms with van der Waals surface area (Å²) in [4.78, 5) is 42.2. The van der Waals surface area contributed by atoms with E-state index >= 15 is 0 Å². The first-order valence-electron chi connectivity index (χ1n) is 33.3. The van der Waals surface area contributed by atoms with Crippen LogP contribution in [0.4, 0.5) is 22.4 Å². The summed E-state index contributed by atoms with van der Waals surface area (Å²) in [6.07, 6.45) is 31.5. The molecule has 5 rings (SSSR count). The van der Waals surface area contributed by atoms with Gasteiger partial charge in [-0.15, -0.1) is 0 Å². The number of benzene rings is 4. The Labute approximate surface area is 523 Å². The fourth-order valence-corrected chi connectivity index (χ4v) is 11.4. The van der Waals surface area contributed by atoms with E-state index in [0.717, 1.165) is 55.2 Å². The third-order valence-electron chi connectivity index (χ3n) is 16.6. The number of hydrogen-bond acceptors (Lipinski definition) is 11. The van der Waals surface area contributed by atoms with Crippen LogP contribution in [-0.4, -0.2) is 95.0 Å². The molecule has 1 fully saturated rings. The fraction of sp³-hybridized carbons (Fsp3) is 0.625. The van der Waals surface area contributed by atoms with Crippen molar-refractivity contribution in [2.45, 2.75) is 237 Å². The largest absolute Gasteiger partial charge is 0.497 e. The van der Waals surface area contributed by atoms with Gasteiger partial charge in [-0.1, -0.05) is 235 Å². The molecule has 3 atom stereocenters. The van der Waals surface area contributed by atoms with Crippen LogP contribution in [0.15, 0.2) is 84.9 Å². The van der Waals surface area contributed by atoms with Gasteiger partial charge >= 0.3 is 18.0 Å². The molecule has 0 radical (unpaired) electrons. The number of nitrogens with zero attached hydrogens (tertiary/aromatic N) is 1. The molecule has 0 aliphatic carbocycles. The monoisotopic (exact) mass is 1230 g/mol. The van der Waals surface area contributed by atoms with Crippen LogP contribution in [0.5, 0.6) is 17.2 Å². The summed E-state index contributed by atoms with van der Waals surface area (Å²) in [7, 11) is 3.17. The lowest BCUT2D eigenvalue weighted by Crippen LogP contribution is -2.43. The van der Waals surface area contributed by atoms with Crippen molar-refractivity contribution >= 4 is 18.0 Å². The number of hydrogen-bond donors (Lipinski definition) is 0. The van der Waals surface area contributed by atoms with Gasteiger partial charge in [0, 0.05) is 25.7 Å². The molecule has 0 bridgehead atoms. The predicted octanol–water partition coefficient (Wildman–Crippen LogP) is 18.4. The maximum atomic E-state index is 14.6. The van der Waals surface area contributed by atoms with Crippen molar-refractivity contribution in [2.24, 2.45) is 0 Å². The highest BCUT2D eigenvalue weighted by atomic mass is 19.2. The standard InChI is InChI=1S/C72H103F4NO11/c1-5-7-9-11-13-15-17-19-21-23-25-27-29-34-48-83-54-63(84-49-35-30-28-26-24-22-20-18-16-14-12-10-8-6-2)55-85-71(80)77-52-62(87-66(78)46-47-67(79)88-70-68(75)64(73)51-65(74)69(70)76)50-59(77)53-86-72(56-36-32-31-33-37-56,57-38-42-60(81-3)43-39-57)58-40-44-61(82-4)45-41-58/h31-33,36-45,51,59,62-63H,5-30,34-35,46-50,52-55H2,1-4H3/t59-,62+,63-/m0/s1. The first-order chi connectivity index (χ1) is 42.9. The lowest BCUT2D eigenvalue weighted by atomic mass is 9.80. The Kier molecular flexibility index (Phi) is 35.8. The normalized spacial score (nSPS) is 14.5. The van der Waals surface area contributed by atoms with Gasteiger partial charge in [0.1, 0.15) is 35.9 Å². The van der Waals surface area contributed by atoms with Crippen molar-refractivity contribution in [3.8, 4) is 17.2 Å². The number of amides is 1. The van der Waals surface area contributed by atoms with E-state index in [1.54, 1.807) is 14.2 Å². The number of carbonyl (C=O) groups excluding carboxylic acids is 3. The summed E-state index contributed by atoms with van der Waals surface area (Å²) >= 11 is 0. The van der Waals surface area contributed by atoms with Gasteiger partial charge in [0.15, 0.2) is 11.6 Å². The Balaban J connectivity index is 1.26. The molecule has 1 amide bonds. The first-order valence-corrected chi connectivity index (χ1v) is 33.3. The van der Waals surface area contributed by atoms with E-state index in [0.29, 0.717) is 24.7 Å². The highest BCUT2D eigenvalue weighted by Crippen LogP contribution is 2.43. The predicted molar refractivity (Wildman–Crippen MR) is 337 cm³/mol. The number of likely N-dealkylation sites (tertiary alicyclic amines) is 1. The number of rotatable bonds is 48. The zero-order valence-corrected chi connectivity index (χ0v) is 53.4. The van der Waals surface area contributed by atoms with Gasteiger partial charge in [-0.05, 0) is 53.8 Å². The zero-order chi connectivity index (χ0) is 63.0. The molecular weight excluding hydrogens is 1130 g/mol. The van der Waals surface area contributed by atoms with Gasteiger partial charge in [0.05, 0.1) is 52.9 Å². The maximum Gasteiger partial charge on any atom is 0.410 e. The molecule has 4 aromatic carbocycles. The van der Waals surface area contributed by atoms with E-state index in [1.165, 1.54) is 146 Å². The van der Waals surface area contributed by atoms with Crippen molar-refractivity contribution in [2.75, 3.05) is 53.8 Å². The quantitative estimate of drug-likeness (QED) is 0.0105. The first kappa shape index (κ1) is 73.0. The minimum Gasteiger partial charge on any atom is -0.497 e. The molecule has 0 saturated carbocycles. The minimum absolute atomic E-state index is 0.0108. The molecule has 0 N–H and O–H groups in total. The van der Waals surface area contributed by atoms with Gasteiger partial charge in [0.25, 0.3) is 0 Å². The molecule has 1 aliphatic heterocycles. The SMILES string of the molecule is CCCCCCCCCCCCCCCCOC[C@@H](COC(=O)N1C[C@H](OC(=O)CCC(=O)Oc2c(F)c(F)cc(F)c2F)C[C@H]1COC(c1ccccc1)(c1ccc(OC)cc1)c1ccc(OC)cc1)OCCCCCCCCCCCCCCCC. The van der Waals surface area contributed by atoms with E-state index in [4.69, 9.17) is 33.2 Å². The van der Waals surface area contributed by atoms with Crippen molar-refractivity contribution in [3.63, 3.8) is 0 Å². The molecule has 4 aromatic rings. The molecule has 88 heavy (non-hydrogen) atoms. The Morgan fingerprint density at radius 3 is 1.43 bits per heavy atom. The third-order valence-corrected chi connectivity index (χ3v) is 16.6. The van der Waals surface area contributed by atoms with Gasteiger partial charge in [-0.3, -0.25) is 14.5 Å². The molecule has 12 nitrogen and oxygen atoms in total. The summed E-state index contributed by atoms with van der Waals surface area (Å²) < 4.78 is 104. The molecule has 0 unspecified atom stereocenters. The van der Waals surface area contributed by atoms with Gasteiger partial charge < -0.3 is 37.9 Å². The number of esters is 2. The van der Waals surface area contributed by atoms with E-state index < -0.39 is 83.7 Å². The molecule has 1 saturated heterocycles. The Morgan fingerprint density at radius 1 is 0.534 bits per heavy atom. The summed E-state index contributed by atoms with van der Waals surface area (Å²) in [5, 5.41) is 0. The van der Waals surface area contributed by atoms with Crippen molar-refractivity contribution in [1.82, 2.24) is 4.90 Å². The molecule has 1 heterocycles. The number of methoxy groups -OCH3 is 2. The number of halogens is 4. The number of unbranched alkanes of at least 4 members (excludes halogenated alkanes) is 26. The van der Waals surface area contributed by atoms with Crippen molar-refractivity contribution in [3.05, 3.63) is 125 Å². The molecular formula is C72H103F4NO11. The van der Waals surface area contributed by atoms with Crippen LogP contribution < -0.4 is 14.2 Å². The number of carbonyl (C=O) groups is 3. The molecule has 16 heteroatoms. The van der Waals surface area contributed by atoms with Crippen LogP contribution in [0.1, 0.15) is 230 Å². The van der Waals surface area contributed by atoms with Crippen LogP contribution in [0.2, 0.25) is 0 Å². The van der Waals surface area contributed by atoms with Crippen LogP contribution in [-0.2, 0) is 38.9 Å². The average Bonchev–Trinajstić information content (AvgIpc) is 1.22. The second kappa shape index (κ2) is 43.1. The topological polar surface area (TPSA) is 128 Å². The van der Waals surface area contributed by atoms with E-state index in [-0.39, 0.29) is 38.9 Å². The van der Waals surface area contributed by atoms with Gasteiger partial charge in [-0.25, -0.2) is 13.6 Å². The fourth-order valence-electron chi connectivity index (χ4n) is 11.4. The molecule has 0 spiro atoms. The summed E-state index contributed by atoms with van der Waals surface area (Å²) in [6.45, 7) is 5.47. The Bertz CT molecular complexity index is 2460. The second-order valence-electron chi connectivity index (χ2n) is 23.6. The van der Waals surface area contributed by atoms with Crippen LogP contribution >= 0.6 is 0 Å².